The Hall–Kier alpha value is -4.50. The molecule has 1 heterocycles. The van der Waals surface area contributed by atoms with Gasteiger partial charge in [-0.3, -0.25) is 14.9 Å². The number of rotatable bonds is 7. The first-order valence-electron chi connectivity index (χ1n) is 10.0. The Labute approximate surface area is 200 Å². The summed E-state index contributed by atoms with van der Waals surface area (Å²) >= 11 is 0. The molecular formula is C23H20N4O7S. The predicted octanol–water partition coefficient (Wildman–Crippen LogP) is 3.21. The number of nitro benzene ring substituents is 1. The van der Waals surface area contributed by atoms with Crippen LogP contribution in [0.5, 0.6) is 11.5 Å². The van der Waals surface area contributed by atoms with E-state index in [-0.39, 0.29) is 27.6 Å². The van der Waals surface area contributed by atoms with Crippen LogP contribution in [0.2, 0.25) is 0 Å². The molecule has 0 bridgehead atoms. The molecule has 3 aromatic rings. The van der Waals surface area contributed by atoms with E-state index in [0.29, 0.717) is 22.4 Å². The second kappa shape index (κ2) is 9.78. The van der Waals surface area contributed by atoms with Gasteiger partial charge in [-0.25, -0.2) is 4.68 Å². The van der Waals surface area contributed by atoms with Crippen molar-refractivity contribution in [1.82, 2.24) is 4.68 Å². The minimum atomic E-state index is -4.40. The molecule has 11 nitrogen and oxygen atoms in total. The maximum atomic E-state index is 12.7. The van der Waals surface area contributed by atoms with E-state index in [1.807, 2.05) is 6.07 Å². The van der Waals surface area contributed by atoms with E-state index in [1.165, 1.54) is 50.6 Å². The molecule has 1 aromatic heterocycles. The molecule has 0 unspecified atom stereocenters. The van der Waals surface area contributed by atoms with Gasteiger partial charge in [-0.15, -0.1) is 0 Å². The van der Waals surface area contributed by atoms with Gasteiger partial charge in [0.25, 0.3) is 11.2 Å². The van der Waals surface area contributed by atoms with Gasteiger partial charge >= 0.3 is 10.1 Å². The monoisotopic (exact) mass is 496 g/mol. The molecule has 0 aliphatic rings. The number of pyridine rings is 1. The van der Waals surface area contributed by atoms with Gasteiger partial charge in [0.1, 0.15) is 16.5 Å². The quantitative estimate of drug-likeness (QED) is 0.209. The average molecular weight is 497 g/mol. The smallest absolute Gasteiger partial charge is 0.339 e. The highest BCUT2D eigenvalue weighted by atomic mass is 32.2. The zero-order chi connectivity index (χ0) is 25.9. The van der Waals surface area contributed by atoms with Crippen molar-refractivity contribution in [3.05, 3.63) is 90.9 Å². The lowest BCUT2D eigenvalue weighted by Crippen LogP contribution is -2.22. The summed E-state index contributed by atoms with van der Waals surface area (Å²) in [6.45, 7) is 4.82. The maximum absolute atomic E-state index is 12.7. The highest BCUT2D eigenvalue weighted by molar-refractivity contribution is 7.87. The SMILES string of the molecule is COc1cc(/C=N/n2c(C)cc(C)c(C#N)c2=O)ccc1OS(=O)(=O)c1ccc(C)c([N+](=O)[O-])c1. The van der Waals surface area contributed by atoms with E-state index in [2.05, 4.69) is 5.10 Å². The molecule has 0 aliphatic heterocycles. The minimum Gasteiger partial charge on any atom is -0.493 e. The molecule has 0 aliphatic carbocycles. The Morgan fingerprint density at radius 2 is 1.80 bits per heavy atom. The number of hydrogen-bond acceptors (Lipinski definition) is 9. The molecule has 0 atom stereocenters. The van der Waals surface area contributed by atoms with Crippen LogP contribution in [0.25, 0.3) is 0 Å². The van der Waals surface area contributed by atoms with Crippen molar-refractivity contribution in [1.29, 1.82) is 5.26 Å². The minimum absolute atomic E-state index is 0.0179. The Balaban J connectivity index is 1.94. The lowest BCUT2D eigenvalue weighted by atomic mass is 10.1. The van der Waals surface area contributed by atoms with Gasteiger partial charge in [0.2, 0.25) is 0 Å². The molecule has 0 saturated carbocycles. The van der Waals surface area contributed by atoms with Crippen molar-refractivity contribution in [2.75, 3.05) is 7.11 Å². The molecule has 12 heteroatoms. The topological polar surface area (TPSA) is 154 Å². The second-order valence-electron chi connectivity index (χ2n) is 7.47. The lowest BCUT2D eigenvalue weighted by Gasteiger charge is -2.12. The number of hydrogen-bond donors (Lipinski definition) is 0. The Morgan fingerprint density at radius 3 is 2.43 bits per heavy atom. The van der Waals surface area contributed by atoms with Crippen LogP contribution >= 0.6 is 0 Å². The fourth-order valence-electron chi connectivity index (χ4n) is 3.23. The molecule has 35 heavy (non-hydrogen) atoms. The van der Waals surface area contributed by atoms with Gasteiger partial charge in [-0.05, 0) is 62.2 Å². The van der Waals surface area contributed by atoms with Gasteiger partial charge in [0.15, 0.2) is 11.5 Å². The number of ether oxygens (including phenoxy) is 1. The zero-order valence-electron chi connectivity index (χ0n) is 19.2. The summed E-state index contributed by atoms with van der Waals surface area (Å²) in [5.74, 6) is -0.104. The van der Waals surface area contributed by atoms with Crippen LogP contribution in [-0.4, -0.2) is 31.3 Å². The molecule has 0 N–H and O–H groups in total. The van der Waals surface area contributed by atoms with Crippen LogP contribution in [0.1, 0.15) is 27.9 Å². The summed E-state index contributed by atoms with van der Waals surface area (Å²) < 4.78 is 36.9. The van der Waals surface area contributed by atoms with E-state index in [4.69, 9.17) is 8.92 Å². The van der Waals surface area contributed by atoms with Gasteiger partial charge in [0, 0.05) is 17.3 Å². The van der Waals surface area contributed by atoms with Crippen molar-refractivity contribution in [2.45, 2.75) is 25.7 Å². The summed E-state index contributed by atoms with van der Waals surface area (Å²) in [7, 11) is -3.10. The summed E-state index contributed by atoms with van der Waals surface area (Å²) in [6.07, 6.45) is 1.34. The van der Waals surface area contributed by atoms with Crippen LogP contribution in [0.15, 0.2) is 57.3 Å². The fourth-order valence-corrected chi connectivity index (χ4v) is 4.19. The van der Waals surface area contributed by atoms with Crippen molar-refractivity contribution < 1.29 is 22.3 Å². The summed E-state index contributed by atoms with van der Waals surface area (Å²) in [5.41, 5.74) is 0.886. The van der Waals surface area contributed by atoms with Crippen molar-refractivity contribution in [3.8, 4) is 17.6 Å². The number of methoxy groups -OCH3 is 1. The lowest BCUT2D eigenvalue weighted by molar-refractivity contribution is -0.385. The third kappa shape index (κ3) is 5.20. The maximum Gasteiger partial charge on any atom is 0.339 e. The van der Waals surface area contributed by atoms with Crippen LogP contribution in [0.3, 0.4) is 0 Å². The van der Waals surface area contributed by atoms with Crippen LogP contribution < -0.4 is 14.5 Å². The summed E-state index contributed by atoms with van der Waals surface area (Å²) in [5, 5.41) is 24.5. The van der Waals surface area contributed by atoms with Crippen LogP contribution in [0.4, 0.5) is 5.69 Å². The number of aryl methyl sites for hydroxylation is 3. The van der Waals surface area contributed by atoms with E-state index in [0.717, 1.165) is 10.7 Å². The van der Waals surface area contributed by atoms with Gasteiger partial charge in [-0.1, -0.05) is 6.07 Å². The predicted molar refractivity (Wildman–Crippen MR) is 127 cm³/mol. The van der Waals surface area contributed by atoms with Crippen molar-refractivity contribution in [2.24, 2.45) is 5.10 Å². The van der Waals surface area contributed by atoms with Crippen molar-refractivity contribution >= 4 is 22.0 Å². The molecule has 2 aromatic carbocycles. The van der Waals surface area contributed by atoms with E-state index >= 15 is 0 Å². The second-order valence-corrected chi connectivity index (χ2v) is 9.02. The Morgan fingerprint density at radius 1 is 1.09 bits per heavy atom. The van der Waals surface area contributed by atoms with E-state index < -0.39 is 20.6 Å². The van der Waals surface area contributed by atoms with Crippen LogP contribution in [0, 0.1) is 42.2 Å². The molecule has 0 radical (unpaired) electrons. The number of nitrogens with zero attached hydrogens (tertiary/aromatic N) is 4. The molecule has 3 rings (SSSR count). The Bertz CT molecular complexity index is 1570. The number of nitriles is 1. The highest BCUT2D eigenvalue weighted by Gasteiger charge is 2.23. The number of aromatic nitrogens is 1. The molecular weight excluding hydrogens is 476 g/mol. The standard InChI is InChI=1S/C23H20N4O7S/c1-14-5-7-18(11-20(14)27(29)30)35(31,32)34-21-8-6-17(10-22(21)33-4)13-25-26-16(3)9-15(2)19(12-24)23(26)28/h5-11,13H,1-4H3/b25-13+. The van der Waals surface area contributed by atoms with Crippen molar-refractivity contribution in [3.63, 3.8) is 0 Å². The summed E-state index contributed by atoms with van der Waals surface area (Å²) in [6, 6.07) is 11.2. The molecule has 0 amide bonds. The van der Waals surface area contributed by atoms with Gasteiger partial charge < -0.3 is 8.92 Å². The first kappa shape index (κ1) is 25.1. The van der Waals surface area contributed by atoms with Gasteiger partial charge in [-0.2, -0.15) is 18.8 Å². The largest absolute Gasteiger partial charge is 0.493 e. The third-order valence-corrected chi connectivity index (χ3v) is 6.28. The number of nitro groups is 1. The first-order chi connectivity index (χ1) is 16.5. The van der Waals surface area contributed by atoms with E-state index in [1.54, 1.807) is 19.9 Å². The molecule has 180 valence electrons. The Kier molecular flexibility index (Phi) is 7.02. The fraction of sp³-hybridized carbons (Fsp3) is 0.174. The first-order valence-corrected chi connectivity index (χ1v) is 11.4. The normalized spacial score (nSPS) is 11.3. The highest BCUT2D eigenvalue weighted by Crippen LogP contribution is 2.31. The average Bonchev–Trinajstić information content (AvgIpc) is 2.79. The zero-order valence-corrected chi connectivity index (χ0v) is 20.0. The van der Waals surface area contributed by atoms with Gasteiger partial charge in [0.05, 0.1) is 18.2 Å². The molecule has 0 spiro atoms. The third-order valence-electron chi connectivity index (χ3n) is 5.05. The number of benzene rings is 2. The molecule has 0 saturated heterocycles. The van der Waals surface area contributed by atoms with Crippen LogP contribution in [-0.2, 0) is 10.1 Å². The van der Waals surface area contributed by atoms with E-state index in [9.17, 15) is 28.6 Å². The summed E-state index contributed by atoms with van der Waals surface area (Å²) in [4.78, 5) is 22.6. The molecule has 0 fully saturated rings.